The Labute approximate surface area is 111 Å². The minimum atomic E-state index is 1.07. The van der Waals surface area contributed by atoms with Gasteiger partial charge in [0.1, 0.15) is 5.01 Å². The zero-order valence-corrected chi connectivity index (χ0v) is 10.9. The van der Waals surface area contributed by atoms with Crippen LogP contribution in [0, 0.1) is 6.92 Å². The molecule has 0 saturated heterocycles. The Morgan fingerprint density at radius 2 is 1.67 bits per heavy atom. The van der Waals surface area contributed by atoms with Gasteiger partial charge in [-0.05, 0) is 18.1 Å². The summed E-state index contributed by atoms with van der Waals surface area (Å²) >= 11 is 1.67. The second-order valence-electron chi connectivity index (χ2n) is 4.28. The molecule has 0 fully saturated rings. The van der Waals surface area contributed by atoms with Crippen molar-refractivity contribution in [2.75, 3.05) is 0 Å². The first-order valence-corrected chi connectivity index (χ1v) is 6.78. The Hall–Kier alpha value is -1.93. The van der Waals surface area contributed by atoms with Crippen LogP contribution in [0.2, 0.25) is 0 Å². The molecular formula is C16H13NS. The molecule has 0 radical (unpaired) electrons. The van der Waals surface area contributed by atoms with E-state index in [4.69, 9.17) is 0 Å². The molecule has 0 aliphatic rings. The summed E-state index contributed by atoms with van der Waals surface area (Å²) in [6.07, 6.45) is 1.84. The summed E-state index contributed by atoms with van der Waals surface area (Å²) in [5.41, 5.74) is 4.98. The topological polar surface area (TPSA) is 12.9 Å². The molecule has 1 heterocycles. The van der Waals surface area contributed by atoms with Gasteiger partial charge in [0.15, 0.2) is 0 Å². The maximum Gasteiger partial charge on any atom is 0.123 e. The number of hydrogen-bond donors (Lipinski definition) is 0. The van der Waals surface area contributed by atoms with Crippen molar-refractivity contribution in [2.24, 2.45) is 0 Å². The van der Waals surface area contributed by atoms with E-state index >= 15 is 0 Å². The van der Waals surface area contributed by atoms with Crippen molar-refractivity contribution in [2.45, 2.75) is 6.92 Å². The lowest BCUT2D eigenvalue weighted by Crippen LogP contribution is -1.80. The quantitative estimate of drug-likeness (QED) is 0.638. The molecule has 2 aromatic carbocycles. The minimum absolute atomic E-state index is 1.07. The van der Waals surface area contributed by atoms with Crippen LogP contribution in [0.5, 0.6) is 0 Å². The van der Waals surface area contributed by atoms with E-state index in [9.17, 15) is 0 Å². The average Bonchev–Trinajstić information content (AvgIpc) is 2.93. The number of benzene rings is 2. The van der Waals surface area contributed by atoms with Crippen molar-refractivity contribution in [3.8, 4) is 21.7 Å². The molecule has 0 unspecified atom stereocenters. The molecule has 0 bridgehead atoms. The number of aromatic nitrogens is 1. The van der Waals surface area contributed by atoms with Gasteiger partial charge in [0, 0.05) is 17.1 Å². The van der Waals surface area contributed by atoms with Crippen LogP contribution in [0.3, 0.4) is 0 Å². The maximum atomic E-state index is 4.32. The maximum absolute atomic E-state index is 4.32. The van der Waals surface area contributed by atoms with Crippen LogP contribution in [0.25, 0.3) is 21.7 Å². The summed E-state index contributed by atoms with van der Waals surface area (Å²) in [5, 5.41) is 3.08. The van der Waals surface area contributed by atoms with Gasteiger partial charge < -0.3 is 0 Å². The average molecular weight is 251 g/mol. The summed E-state index contributed by atoms with van der Waals surface area (Å²) in [4.78, 5) is 4.32. The third-order valence-corrected chi connectivity index (χ3v) is 3.74. The first kappa shape index (κ1) is 11.2. The molecule has 0 N–H and O–H groups in total. The van der Waals surface area contributed by atoms with Gasteiger partial charge in [-0.2, -0.15) is 0 Å². The second kappa shape index (κ2) is 4.75. The molecule has 0 amide bonds. The molecule has 3 rings (SSSR count). The summed E-state index contributed by atoms with van der Waals surface area (Å²) in [6, 6.07) is 17.2. The molecule has 18 heavy (non-hydrogen) atoms. The lowest BCUT2D eigenvalue weighted by molar-refractivity contribution is 1.41. The highest BCUT2D eigenvalue weighted by atomic mass is 32.1. The Morgan fingerprint density at radius 1 is 0.889 bits per heavy atom. The first-order chi connectivity index (χ1) is 8.83. The van der Waals surface area contributed by atoms with Crippen LogP contribution in [-0.4, -0.2) is 4.98 Å². The van der Waals surface area contributed by atoms with Crippen molar-refractivity contribution < 1.29 is 0 Å². The highest BCUT2D eigenvalue weighted by Crippen LogP contribution is 2.26. The Kier molecular flexibility index (Phi) is 2.95. The molecule has 0 aliphatic heterocycles. The summed E-state index contributed by atoms with van der Waals surface area (Å²) in [5.74, 6) is 0. The van der Waals surface area contributed by atoms with Gasteiger partial charge in [0.25, 0.3) is 0 Å². The predicted octanol–water partition coefficient (Wildman–Crippen LogP) is 4.79. The van der Waals surface area contributed by atoms with Crippen LogP contribution in [0.15, 0.2) is 60.1 Å². The number of hydrogen-bond acceptors (Lipinski definition) is 2. The van der Waals surface area contributed by atoms with E-state index in [-0.39, 0.29) is 0 Å². The van der Waals surface area contributed by atoms with E-state index < -0.39 is 0 Å². The minimum Gasteiger partial charge on any atom is -0.245 e. The standard InChI is InChI=1S/C16H13NS/c1-12-3-2-4-15(11-12)13-5-7-14(8-6-13)16-17-9-10-18-16/h2-11H,1H3. The van der Waals surface area contributed by atoms with Crippen LogP contribution in [-0.2, 0) is 0 Å². The number of rotatable bonds is 2. The molecule has 2 heteroatoms. The van der Waals surface area contributed by atoms with E-state index in [1.807, 2.05) is 11.6 Å². The van der Waals surface area contributed by atoms with Crippen LogP contribution in [0.1, 0.15) is 5.56 Å². The van der Waals surface area contributed by atoms with Gasteiger partial charge >= 0.3 is 0 Å². The zero-order valence-electron chi connectivity index (χ0n) is 10.1. The van der Waals surface area contributed by atoms with E-state index in [2.05, 4.69) is 60.4 Å². The fourth-order valence-electron chi connectivity index (χ4n) is 2.00. The van der Waals surface area contributed by atoms with E-state index in [1.54, 1.807) is 11.3 Å². The highest BCUT2D eigenvalue weighted by Gasteiger charge is 2.01. The third kappa shape index (κ3) is 2.20. The number of thiazole rings is 1. The fourth-order valence-corrected chi connectivity index (χ4v) is 2.64. The molecule has 3 aromatic rings. The van der Waals surface area contributed by atoms with E-state index in [0.29, 0.717) is 0 Å². The van der Waals surface area contributed by atoms with Gasteiger partial charge in [-0.1, -0.05) is 54.1 Å². The molecule has 0 atom stereocenters. The van der Waals surface area contributed by atoms with E-state index in [1.165, 1.54) is 22.3 Å². The van der Waals surface area contributed by atoms with Gasteiger partial charge in [-0.15, -0.1) is 11.3 Å². The molecule has 1 aromatic heterocycles. The second-order valence-corrected chi connectivity index (χ2v) is 5.18. The molecule has 1 nitrogen and oxygen atoms in total. The normalized spacial score (nSPS) is 10.5. The van der Waals surface area contributed by atoms with Crippen LogP contribution >= 0.6 is 11.3 Å². The van der Waals surface area contributed by atoms with Gasteiger partial charge in [0.05, 0.1) is 0 Å². The fraction of sp³-hybridized carbons (Fsp3) is 0.0625. The summed E-state index contributed by atoms with van der Waals surface area (Å²) < 4.78 is 0. The first-order valence-electron chi connectivity index (χ1n) is 5.90. The molecule has 0 aliphatic carbocycles. The number of nitrogens with zero attached hydrogens (tertiary/aromatic N) is 1. The summed E-state index contributed by atoms with van der Waals surface area (Å²) in [6.45, 7) is 2.12. The van der Waals surface area contributed by atoms with Crippen molar-refractivity contribution in [3.05, 3.63) is 65.7 Å². The van der Waals surface area contributed by atoms with Crippen molar-refractivity contribution in [1.82, 2.24) is 4.98 Å². The zero-order chi connectivity index (χ0) is 12.4. The van der Waals surface area contributed by atoms with Crippen molar-refractivity contribution in [3.63, 3.8) is 0 Å². The SMILES string of the molecule is Cc1cccc(-c2ccc(-c3nccs3)cc2)c1. The van der Waals surface area contributed by atoms with Crippen molar-refractivity contribution in [1.29, 1.82) is 0 Å². The highest BCUT2D eigenvalue weighted by molar-refractivity contribution is 7.13. The predicted molar refractivity (Wildman–Crippen MR) is 77.7 cm³/mol. The van der Waals surface area contributed by atoms with Gasteiger partial charge in [-0.25, -0.2) is 4.98 Å². The molecule has 88 valence electrons. The molecule has 0 saturated carbocycles. The van der Waals surface area contributed by atoms with E-state index in [0.717, 1.165) is 5.01 Å². The smallest absolute Gasteiger partial charge is 0.123 e. The monoisotopic (exact) mass is 251 g/mol. The largest absolute Gasteiger partial charge is 0.245 e. The van der Waals surface area contributed by atoms with Gasteiger partial charge in [-0.3, -0.25) is 0 Å². The van der Waals surface area contributed by atoms with Gasteiger partial charge in [0.2, 0.25) is 0 Å². The lowest BCUT2D eigenvalue weighted by Gasteiger charge is -2.04. The summed E-state index contributed by atoms with van der Waals surface area (Å²) in [7, 11) is 0. The van der Waals surface area contributed by atoms with Crippen LogP contribution in [0.4, 0.5) is 0 Å². The lowest BCUT2D eigenvalue weighted by atomic mass is 10.0. The molecular weight excluding hydrogens is 238 g/mol. The molecule has 0 spiro atoms. The van der Waals surface area contributed by atoms with Crippen LogP contribution < -0.4 is 0 Å². The Morgan fingerprint density at radius 3 is 2.33 bits per heavy atom. The Bertz CT molecular complexity index is 639. The Balaban J connectivity index is 1.96. The van der Waals surface area contributed by atoms with Crippen molar-refractivity contribution >= 4 is 11.3 Å². The number of aryl methyl sites for hydroxylation is 1. The third-order valence-electron chi connectivity index (χ3n) is 2.92.